The van der Waals surface area contributed by atoms with E-state index >= 15 is 0 Å². The van der Waals surface area contributed by atoms with Gasteiger partial charge in [0.2, 0.25) is 0 Å². The van der Waals surface area contributed by atoms with Crippen LogP contribution in [0.25, 0.3) is 0 Å². The number of piperidine rings is 1. The summed E-state index contributed by atoms with van der Waals surface area (Å²) >= 11 is 1.48. The van der Waals surface area contributed by atoms with Crippen LogP contribution in [0.4, 0.5) is 4.39 Å². The van der Waals surface area contributed by atoms with Gasteiger partial charge in [0.05, 0.1) is 16.7 Å². The third-order valence-corrected chi connectivity index (χ3v) is 6.54. The molecule has 150 valence electrons. The lowest BCUT2D eigenvalue weighted by Gasteiger charge is -2.39. The van der Waals surface area contributed by atoms with Crippen LogP contribution < -0.4 is 5.32 Å². The molecule has 1 N–H and O–H groups in total. The Kier molecular flexibility index (Phi) is 5.75. The molecule has 1 atom stereocenters. The molecule has 1 spiro atoms. The van der Waals surface area contributed by atoms with E-state index in [9.17, 15) is 9.18 Å². The van der Waals surface area contributed by atoms with Crippen molar-refractivity contribution in [1.29, 1.82) is 0 Å². The summed E-state index contributed by atoms with van der Waals surface area (Å²) in [5.74, 6) is -0.313. The van der Waals surface area contributed by atoms with Crippen molar-refractivity contribution in [3.63, 3.8) is 0 Å². The number of nitrogens with one attached hydrogen (secondary N) is 1. The zero-order valence-corrected chi connectivity index (χ0v) is 16.9. The van der Waals surface area contributed by atoms with Gasteiger partial charge in [-0.3, -0.25) is 9.69 Å². The Morgan fingerprint density at radius 1 is 1.32 bits per heavy atom. The van der Waals surface area contributed by atoms with E-state index in [4.69, 9.17) is 4.74 Å². The van der Waals surface area contributed by atoms with E-state index in [1.54, 1.807) is 5.38 Å². The fourth-order valence-electron chi connectivity index (χ4n) is 4.14. The maximum Gasteiger partial charge on any atom is 0.270 e. The summed E-state index contributed by atoms with van der Waals surface area (Å²) in [6.07, 6.45) is 4.11. The predicted molar refractivity (Wildman–Crippen MR) is 107 cm³/mol. The molecule has 1 aromatic heterocycles. The molecule has 2 aliphatic rings. The summed E-state index contributed by atoms with van der Waals surface area (Å²) in [7, 11) is 0. The van der Waals surface area contributed by atoms with E-state index in [1.807, 2.05) is 19.1 Å². The van der Waals surface area contributed by atoms with Gasteiger partial charge < -0.3 is 10.1 Å². The molecule has 7 heteroatoms. The second kappa shape index (κ2) is 8.27. The Morgan fingerprint density at radius 3 is 2.75 bits per heavy atom. The van der Waals surface area contributed by atoms with Gasteiger partial charge in [-0.1, -0.05) is 12.1 Å². The molecule has 0 radical (unpaired) electrons. The van der Waals surface area contributed by atoms with E-state index in [-0.39, 0.29) is 23.4 Å². The van der Waals surface area contributed by atoms with Crippen molar-refractivity contribution in [2.75, 3.05) is 19.6 Å². The second-order valence-electron chi connectivity index (χ2n) is 7.83. The molecule has 2 aliphatic heterocycles. The summed E-state index contributed by atoms with van der Waals surface area (Å²) in [6, 6.07) is 6.75. The fraction of sp³-hybridized carbons (Fsp3) is 0.524. The number of thiazole rings is 1. The highest BCUT2D eigenvalue weighted by atomic mass is 32.1. The molecular weight excluding hydrogens is 377 g/mol. The minimum Gasteiger partial charge on any atom is -0.370 e. The zero-order chi connectivity index (χ0) is 19.6. The van der Waals surface area contributed by atoms with Crippen LogP contribution >= 0.6 is 11.3 Å². The summed E-state index contributed by atoms with van der Waals surface area (Å²) in [5, 5.41) is 5.65. The molecular formula is C21H26FN3O2S. The first-order chi connectivity index (χ1) is 13.5. The third kappa shape index (κ3) is 4.59. The molecule has 0 saturated carbocycles. The summed E-state index contributed by atoms with van der Waals surface area (Å²) in [6.45, 7) is 5.25. The fourth-order valence-corrected chi connectivity index (χ4v) is 4.73. The van der Waals surface area contributed by atoms with Gasteiger partial charge in [0.1, 0.15) is 11.5 Å². The summed E-state index contributed by atoms with van der Waals surface area (Å²) < 4.78 is 19.4. The van der Waals surface area contributed by atoms with Gasteiger partial charge in [0.25, 0.3) is 5.91 Å². The van der Waals surface area contributed by atoms with Gasteiger partial charge in [-0.2, -0.15) is 0 Å². The first-order valence-corrected chi connectivity index (χ1v) is 10.7. The number of rotatable bonds is 5. The quantitative estimate of drug-likeness (QED) is 0.830. The SMILES string of the molecule is Cc1nc(C(=O)NC[C@@H]2CCC3(CCN(Cc4ccc(F)cc4)CC3)O2)cs1. The van der Waals surface area contributed by atoms with E-state index in [1.165, 1.54) is 23.5 Å². The van der Waals surface area contributed by atoms with Crippen molar-refractivity contribution in [2.24, 2.45) is 0 Å². The monoisotopic (exact) mass is 403 g/mol. The number of nitrogens with zero attached hydrogens (tertiary/aromatic N) is 2. The minimum absolute atomic E-state index is 0.0497. The highest BCUT2D eigenvalue weighted by molar-refractivity contribution is 7.09. The molecule has 2 fully saturated rings. The molecule has 4 rings (SSSR count). The Labute approximate surface area is 168 Å². The Bertz CT molecular complexity index is 815. The van der Waals surface area contributed by atoms with Crippen LogP contribution in [0, 0.1) is 12.7 Å². The molecule has 3 heterocycles. The second-order valence-corrected chi connectivity index (χ2v) is 8.89. The van der Waals surface area contributed by atoms with E-state index < -0.39 is 0 Å². The largest absolute Gasteiger partial charge is 0.370 e. The Hall–Kier alpha value is -1.83. The van der Waals surface area contributed by atoms with Crippen LogP contribution in [-0.4, -0.2) is 47.1 Å². The standard InChI is InChI=1S/C21H26FN3O2S/c1-15-24-19(14-28-15)20(26)23-12-18-6-7-21(27-18)8-10-25(11-9-21)13-16-2-4-17(22)5-3-16/h2-5,14,18H,6-13H2,1H3,(H,23,26)/t18-/m0/s1. The van der Waals surface area contributed by atoms with Crippen molar-refractivity contribution < 1.29 is 13.9 Å². The summed E-state index contributed by atoms with van der Waals surface area (Å²) in [4.78, 5) is 18.8. The van der Waals surface area contributed by atoms with Crippen LogP contribution in [0.3, 0.4) is 0 Å². The van der Waals surface area contributed by atoms with Crippen LogP contribution in [0.2, 0.25) is 0 Å². The van der Waals surface area contributed by atoms with Crippen LogP contribution in [0.1, 0.15) is 46.7 Å². The van der Waals surface area contributed by atoms with E-state index in [2.05, 4.69) is 15.2 Å². The first kappa shape index (κ1) is 19.5. The molecule has 28 heavy (non-hydrogen) atoms. The molecule has 2 aromatic rings. The van der Waals surface area contributed by atoms with Crippen LogP contribution in [-0.2, 0) is 11.3 Å². The van der Waals surface area contributed by atoms with E-state index in [0.29, 0.717) is 12.2 Å². The number of aromatic nitrogens is 1. The van der Waals surface area contributed by atoms with Crippen molar-refractivity contribution in [3.8, 4) is 0 Å². The lowest BCUT2D eigenvalue weighted by Crippen LogP contribution is -2.44. The molecule has 1 amide bonds. The molecule has 0 aliphatic carbocycles. The van der Waals surface area contributed by atoms with Crippen LogP contribution in [0.5, 0.6) is 0 Å². The number of aryl methyl sites for hydroxylation is 1. The highest BCUT2D eigenvalue weighted by Crippen LogP contribution is 2.39. The highest BCUT2D eigenvalue weighted by Gasteiger charge is 2.42. The smallest absolute Gasteiger partial charge is 0.270 e. The molecule has 0 bridgehead atoms. The molecule has 0 unspecified atom stereocenters. The summed E-state index contributed by atoms with van der Waals surface area (Å²) in [5.41, 5.74) is 1.58. The number of carbonyl (C=O) groups is 1. The average Bonchev–Trinajstić information content (AvgIpc) is 3.30. The minimum atomic E-state index is -0.191. The third-order valence-electron chi connectivity index (χ3n) is 5.77. The number of halogens is 1. The van der Waals surface area contributed by atoms with Gasteiger partial charge in [-0.25, -0.2) is 9.37 Å². The average molecular weight is 404 g/mol. The lowest BCUT2D eigenvalue weighted by molar-refractivity contribution is -0.0764. The normalized spacial score (nSPS) is 21.9. The number of amides is 1. The Morgan fingerprint density at radius 2 is 2.07 bits per heavy atom. The maximum absolute atomic E-state index is 13.1. The zero-order valence-electron chi connectivity index (χ0n) is 16.1. The van der Waals surface area contributed by atoms with Gasteiger partial charge >= 0.3 is 0 Å². The van der Waals surface area contributed by atoms with Crippen molar-refractivity contribution in [1.82, 2.24) is 15.2 Å². The molecule has 2 saturated heterocycles. The van der Waals surface area contributed by atoms with Crippen LogP contribution in [0.15, 0.2) is 29.6 Å². The van der Waals surface area contributed by atoms with E-state index in [0.717, 1.165) is 55.9 Å². The van der Waals surface area contributed by atoms with Gasteiger partial charge in [0.15, 0.2) is 0 Å². The first-order valence-electron chi connectivity index (χ1n) is 9.86. The topological polar surface area (TPSA) is 54.5 Å². The van der Waals surface area contributed by atoms with Crippen molar-refractivity contribution >= 4 is 17.2 Å². The number of benzene rings is 1. The number of carbonyl (C=O) groups excluding carboxylic acids is 1. The van der Waals surface area contributed by atoms with Crippen molar-refractivity contribution in [3.05, 3.63) is 51.7 Å². The van der Waals surface area contributed by atoms with Gasteiger partial charge in [-0.05, 0) is 50.3 Å². The number of ether oxygens (including phenoxy) is 1. The van der Waals surface area contributed by atoms with Crippen molar-refractivity contribution in [2.45, 2.75) is 50.9 Å². The Balaban J connectivity index is 1.23. The number of likely N-dealkylation sites (tertiary alicyclic amines) is 1. The molecule has 1 aromatic carbocycles. The number of hydrogen-bond acceptors (Lipinski definition) is 5. The van der Waals surface area contributed by atoms with Gasteiger partial charge in [0, 0.05) is 31.6 Å². The van der Waals surface area contributed by atoms with Gasteiger partial charge in [-0.15, -0.1) is 11.3 Å². The molecule has 5 nitrogen and oxygen atoms in total. The predicted octanol–water partition coefficient (Wildman–Crippen LogP) is 3.53. The lowest BCUT2D eigenvalue weighted by atomic mass is 9.88. The maximum atomic E-state index is 13.1. The number of hydrogen-bond donors (Lipinski definition) is 1.